The quantitative estimate of drug-likeness (QED) is 0.774. The molecule has 1 heterocycles. The van der Waals surface area contributed by atoms with E-state index < -0.39 is 0 Å². The molecule has 0 N–H and O–H groups in total. The molecule has 1 saturated carbocycles. The maximum Gasteiger partial charge on any atom is 0.138 e. The maximum atomic E-state index is 5.84. The smallest absolute Gasteiger partial charge is 0.138 e. The number of rotatable bonds is 7. The number of nitrogens with zero attached hydrogens (tertiary/aromatic N) is 1. The zero-order chi connectivity index (χ0) is 14.5. The van der Waals surface area contributed by atoms with Gasteiger partial charge in [-0.1, -0.05) is 30.3 Å². The van der Waals surface area contributed by atoms with Gasteiger partial charge in [-0.3, -0.25) is 4.98 Å². The summed E-state index contributed by atoms with van der Waals surface area (Å²) < 4.78 is 11.0. The number of benzene rings is 1. The molecule has 1 aliphatic carbocycles. The summed E-state index contributed by atoms with van der Waals surface area (Å²) >= 11 is 0. The van der Waals surface area contributed by atoms with Crippen LogP contribution in [0, 0.1) is 5.92 Å². The van der Waals surface area contributed by atoms with Gasteiger partial charge >= 0.3 is 0 Å². The van der Waals surface area contributed by atoms with Crippen LogP contribution < -0.4 is 4.74 Å². The Labute approximate surface area is 125 Å². The summed E-state index contributed by atoms with van der Waals surface area (Å²) in [6.07, 6.45) is 6.13. The Morgan fingerprint density at radius 2 is 2.05 bits per heavy atom. The first kappa shape index (κ1) is 14.1. The van der Waals surface area contributed by atoms with Crippen molar-refractivity contribution in [3.8, 4) is 5.75 Å². The molecular weight excluding hydrogens is 262 g/mol. The molecule has 3 nitrogen and oxygen atoms in total. The van der Waals surface area contributed by atoms with E-state index in [2.05, 4.69) is 23.2 Å². The minimum absolute atomic E-state index is 0.587. The third-order valence-corrected chi connectivity index (χ3v) is 4.03. The highest BCUT2D eigenvalue weighted by Gasteiger charge is 2.37. The zero-order valence-electron chi connectivity index (χ0n) is 12.4. The van der Waals surface area contributed by atoms with Crippen LogP contribution in [0.4, 0.5) is 0 Å². The fourth-order valence-electron chi connectivity index (χ4n) is 2.70. The topological polar surface area (TPSA) is 31.4 Å². The van der Waals surface area contributed by atoms with E-state index in [9.17, 15) is 0 Å². The van der Waals surface area contributed by atoms with Crippen molar-refractivity contribution in [2.75, 3.05) is 13.7 Å². The second-order valence-corrected chi connectivity index (χ2v) is 5.61. The molecule has 3 heteroatoms. The Bertz CT molecular complexity index is 570. The van der Waals surface area contributed by atoms with E-state index in [0.29, 0.717) is 12.5 Å². The van der Waals surface area contributed by atoms with Crippen molar-refractivity contribution in [2.45, 2.75) is 25.4 Å². The summed E-state index contributed by atoms with van der Waals surface area (Å²) in [6, 6.07) is 12.3. The molecule has 2 atom stereocenters. The second kappa shape index (κ2) is 6.72. The van der Waals surface area contributed by atoms with Crippen molar-refractivity contribution in [3.63, 3.8) is 0 Å². The van der Waals surface area contributed by atoms with Crippen LogP contribution in [-0.2, 0) is 11.3 Å². The second-order valence-electron chi connectivity index (χ2n) is 5.61. The van der Waals surface area contributed by atoms with E-state index >= 15 is 0 Å². The molecule has 0 bridgehead atoms. The molecule has 0 radical (unpaired) electrons. The van der Waals surface area contributed by atoms with E-state index in [-0.39, 0.29) is 0 Å². The number of pyridine rings is 1. The molecule has 21 heavy (non-hydrogen) atoms. The first-order valence-corrected chi connectivity index (χ1v) is 7.47. The lowest BCUT2D eigenvalue weighted by molar-refractivity contribution is 0.189. The van der Waals surface area contributed by atoms with Gasteiger partial charge in [-0.15, -0.1) is 0 Å². The zero-order valence-corrected chi connectivity index (χ0v) is 12.4. The molecule has 110 valence electrons. The van der Waals surface area contributed by atoms with E-state index in [1.807, 2.05) is 24.4 Å². The molecule has 1 fully saturated rings. The Balaban J connectivity index is 1.57. The van der Waals surface area contributed by atoms with Crippen molar-refractivity contribution in [3.05, 3.63) is 59.9 Å². The van der Waals surface area contributed by atoms with Crippen LogP contribution >= 0.6 is 0 Å². The van der Waals surface area contributed by atoms with Gasteiger partial charge in [0.05, 0.1) is 6.20 Å². The molecule has 1 aliphatic rings. The Morgan fingerprint density at radius 3 is 2.86 bits per heavy atom. The van der Waals surface area contributed by atoms with Crippen LogP contribution in [0.1, 0.15) is 29.9 Å². The Kier molecular flexibility index (Phi) is 4.51. The fraction of sp³-hybridized carbons (Fsp3) is 0.389. The predicted octanol–water partition coefficient (Wildman–Crippen LogP) is 3.80. The molecule has 3 rings (SSSR count). The number of hydrogen-bond acceptors (Lipinski definition) is 3. The van der Waals surface area contributed by atoms with Crippen molar-refractivity contribution < 1.29 is 9.47 Å². The van der Waals surface area contributed by atoms with Crippen molar-refractivity contribution in [1.82, 2.24) is 4.98 Å². The van der Waals surface area contributed by atoms with E-state index in [1.54, 1.807) is 13.3 Å². The summed E-state index contributed by atoms with van der Waals surface area (Å²) in [7, 11) is 1.76. The lowest BCUT2D eigenvalue weighted by atomic mass is 10.1. The van der Waals surface area contributed by atoms with Gasteiger partial charge in [0.2, 0.25) is 0 Å². The van der Waals surface area contributed by atoms with Crippen molar-refractivity contribution >= 4 is 0 Å². The Morgan fingerprint density at radius 1 is 1.19 bits per heavy atom. The summed E-state index contributed by atoms with van der Waals surface area (Å²) in [5, 5.41) is 0. The lowest BCUT2D eigenvalue weighted by Crippen LogP contribution is -1.97. The van der Waals surface area contributed by atoms with Crippen LogP contribution in [0.25, 0.3) is 0 Å². The molecule has 0 saturated heterocycles. The van der Waals surface area contributed by atoms with Gasteiger partial charge in [0.15, 0.2) is 0 Å². The molecule has 2 aromatic rings. The molecule has 0 amide bonds. The summed E-state index contributed by atoms with van der Waals surface area (Å²) in [4.78, 5) is 4.32. The average Bonchev–Trinajstić information content (AvgIpc) is 3.32. The SMILES string of the molecule is COCC[C@H]1C[C@H]1c1cncc(OCc2ccccc2)c1. The van der Waals surface area contributed by atoms with Crippen LogP contribution in [0.2, 0.25) is 0 Å². The van der Waals surface area contributed by atoms with E-state index in [4.69, 9.17) is 9.47 Å². The monoisotopic (exact) mass is 283 g/mol. The van der Waals surface area contributed by atoms with E-state index in [0.717, 1.165) is 24.7 Å². The number of methoxy groups -OCH3 is 1. The van der Waals surface area contributed by atoms with Crippen molar-refractivity contribution in [1.29, 1.82) is 0 Å². The molecule has 1 aromatic carbocycles. The van der Waals surface area contributed by atoms with Gasteiger partial charge < -0.3 is 9.47 Å². The van der Waals surface area contributed by atoms with Crippen molar-refractivity contribution in [2.24, 2.45) is 5.92 Å². The average molecular weight is 283 g/mol. The number of hydrogen-bond donors (Lipinski definition) is 0. The van der Waals surface area contributed by atoms with E-state index in [1.165, 1.54) is 17.5 Å². The summed E-state index contributed by atoms with van der Waals surface area (Å²) in [5.41, 5.74) is 2.47. The minimum atomic E-state index is 0.587. The first-order valence-electron chi connectivity index (χ1n) is 7.47. The predicted molar refractivity (Wildman–Crippen MR) is 82.4 cm³/mol. The fourth-order valence-corrected chi connectivity index (χ4v) is 2.70. The lowest BCUT2D eigenvalue weighted by Gasteiger charge is -2.07. The van der Waals surface area contributed by atoms with Crippen LogP contribution in [0.15, 0.2) is 48.8 Å². The van der Waals surface area contributed by atoms with Crippen LogP contribution in [-0.4, -0.2) is 18.7 Å². The standard InChI is InChI=1S/C18H21NO2/c1-20-8-7-15-10-18(15)16-9-17(12-19-11-16)21-13-14-5-3-2-4-6-14/h2-6,9,11-12,15,18H,7-8,10,13H2,1H3/t15-,18+/m0/s1. The molecule has 1 aromatic heterocycles. The van der Waals surface area contributed by atoms with Crippen LogP contribution in [0.5, 0.6) is 5.75 Å². The van der Waals surface area contributed by atoms with Gasteiger partial charge in [0, 0.05) is 19.9 Å². The molecule has 0 aliphatic heterocycles. The summed E-state index contributed by atoms with van der Waals surface area (Å²) in [5.74, 6) is 2.23. The normalized spacial score (nSPS) is 20.2. The maximum absolute atomic E-state index is 5.84. The highest BCUT2D eigenvalue weighted by atomic mass is 16.5. The van der Waals surface area contributed by atoms with Gasteiger partial charge in [0.25, 0.3) is 0 Å². The summed E-state index contributed by atoms with van der Waals surface area (Å²) in [6.45, 7) is 1.43. The molecule has 0 unspecified atom stereocenters. The highest BCUT2D eigenvalue weighted by molar-refractivity contribution is 5.30. The van der Waals surface area contributed by atoms with Gasteiger partial charge in [-0.05, 0) is 41.9 Å². The molecule has 0 spiro atoms. The Hall–Kier alpha value is -1.87. The third-order valence-electron chi connectivity index (χ3n) is 4.03. The van der Waals surface area contributed by atoms with Gasteiger partial charge in [0.1, 0.15) is 12.4 Å². The number of aromatic nitrogens is 1. The van der Waals surface area contributed by atoms with Gasteiger partial charge in [-0.2, -0.15) is 0 Å². The highest BCUT2D eigenvalue weighted by Crippen LogP contribution is 2.49. The third kappa shape index (κ3) is 3.82. The van der Waals surface area contributed by atoms with Crippen LogP contribution in [0.3, 0.4) is 0 Å². The van der Waals surface area contributed by atoms with Gasteiger partial charge in [-0.25, -0.2) is 0 Å². The minimum Gasteiger partial charge on any atom is -0.487 e. The first-order chi connectivity index (χ1) is 10.4. The molecular formula is C18H21NO2. The number of ether oxygens (including phenoxy) is 2. The largest absolute Gasteiger partial charge is 0.487 e.